The summed E-state index contributed by atoms with van der Waals surface area (Å²) in [6.45, 7) is 2.22. The molecule has 1 aliphatic rings. The normalized spacial score (nSPS) is 18.2. The Labute approximate surface area is 177 Å². The topological polar surface area (TPSA) is 75.4 Å². The first-order chi connectivity index (χ1) is 14.0. The van der Waals surface area contributed by atoms with E-state index in [1.54, 1.807) is 11.8 Å². The third-order valence-electron chi connectivity index (χ3n) is 5.16. The Balaban J connectivity index is 1.70. The summed E-state index contributed by atoms with van der Waals surface area (Å²) in [4.78, 5) is 27.1. The van der Waals surface area contributed by atoms with Gasteiger partial charge in [0.2, 0.25) is 11.8 Å². The van der Waals surface area contributed by atoms with Gasteiger partial charge in [-0.3, -0.25) is 9.59 Å². The number of amides is 2. The number of nitrogens with one attached hydrogen (secondary N) is 1. The van der Waals surface area contributed by atoms with Gasteiger partial charge in [-0.1, -0.05) is 30.3 Å². The maximum Gasteiger partial charge on any atom is 0.222 e. The van der Waals surface area contributed by atoms with Crippen LogP contribution in [0.5, 0.6) is 0 Å². The molecule has 6 heteroatoms. The van der Waals surface area contributed by atoms with E-state index in [0.717, 1.165) is 42.1 Å². The first-order valence-electron chi connectivity index (χ1n) is 10.1. The molecule has 5 nitrogen and oxygen atoms in total. The molecule has 2 aromatic rings. The second-order valence-electron chi connectivity index (χ2n) is 7.53. The zero-order chi connectivity index (χ0) is 20.6. The zero-order valence-electron chi connectivity index (χ0n) is 16.8. The molecular weight excluding hydrogens is 382 g/mol. The molecule has 0 aromatic heterocycles. The summed E-state index contributed by atoms with van der Waals surface area (Å²) in [5.74, 6) is 0.946. The summed E-state index contributed by atoms with van der Waals surface area (Å²) < 4.78 is 0. The number of hydrogen-bond acceptors (Lipinski definition) is 4. The van der Waals surface area contributed by atoms with Gasteiger partial charge in [-0.2, -0.15) is 0 Å². The maximum absolute atomic E-state index is 12.8. The van der Waals surface area contributed by atoms with Crippen LogP contribution in [-0.4, -0.2) is 41.1 Å². The van der Waals surface area contributed by atoms with Gasteiger partial charge in [0.1, 0.15) is 0 Å². The van der Waals surface area contributed by atoms with E-state index in [4.69, 9.17) is 5.73 Å². The highest BCUT2D eigenvalue weighted by molar-refractivity contribution is 7.99. The fourth-order valence-corrected chi connectivity index (χ4v) is 4.60. The molecule has 3 N–H and O–H groups in total. The Morgan fingerprint density at radius 1 is 1.17 bits per heavy atom. The molecule has 3 rings (SSSR count). The van der Waals surface area contributed by atoms with Gasteiger partial charge in [-0.15, -0.1) is 11.8 Å². The van der Waals surface area contributed by atoms with Crippen LogP contribution in [0.4, 0.5) is 5.69 Å². The van der Waals surface area contributed by atoms with Crippen molar-refractivity contribution in [2.45, 2.75) is 49.6 Å². The third-order valence-corrected chi connectivity index (χ3v) is 6.32. The van der Waals surface area contributed by atoms with E-state index in [1.807, 2.05) is 47.4 Å². The molecule has 0 bridgehead atoms. The Kier molecular flexibility index (Phi) is 7.72. The number of thioether (sulfide) groups is 1. The average Bonchev–Trinajstić information content (AvgIpc) is 2.88. The summed E-state index contributed by atoms with van der Waals surface area (Å²) in [5.41, 5.74) is 8.14. The van der Waals surface area contributed by atoms with Crippen LogP contribution in [0.15, 0.2) is 59.5 Å². The van der Waals surface area contributed by atoms with Crippen molar-refractivity contribution in [3.05, 3.63) is 60.2 Å². The van der Waals surface area contributed by atoms with Crippen LogP contribution in [0.3, 0.4) is 0 Å². The second-order valence-corrected chi connectivity index (χ2v) is 8.63. The van der Waals surface area contributed by atoms with E-state index in [9.17, 15) is 9.59 Å². The summed E-state index contributed by atoms with van der Waals surface area (Å²) in [5, 5.41) is 2.79. The van der Waals surface area contributed by atoms with E-state index in [-0.39, 0.29) is 23.9 Å². The van der Waals surface area contributed by atoms with Gasteiger partial charge in [0.25, 0.3) is 0 Å². The molecule has 0 unspecified atom stereocenters. The van der Waals surface area contributed by atoms with Crippen molar-refractivity contribution in [3.8, 4) is 0 Å². The number of anilines is 1. The van der Waals surface area contributed by atoms with E-state index < -0.39 is 0 Å². The molecule has 0 saturated carbocycles. The molecule has 0 radical (unpaired) electrons. The molecule has 1 aliphatic heterocycles. The highest BCUT2D eigenvalue weighted by Gasteiger charge is 2.27. The number of rotatable bonds is 7. The van der Waals surface area contributed by atoms with Gasteiger partial charge in [-0.05, 0) is 49.1 Å². The smallest absolute Gasteiger partial charge is 0.222 e. The minimum atomic E-state index is -0.0776. The SMILES string of the molecule is CC(=O)Nc1ccc(SC[C@H](Cc2ccccc2)N2CC[C@@H](N)CCC2=O)cc1. The van der Waals surface area contributed by atoms with Crippen molar-refractivity contribution < 1.29 is 9.59 Å². The van der Waals surface area contributed by atoms with Crippen molar-refractivity contribution in [3.63, 3.8) is 0 Å². The predicted octanol–water partition coefficient (Wildman–Crippen LogP) is 3.69. The van der Waals surface area contributed by atoms with Crippen molar-refractivity contribution in [1.29, 1.82) is 0 Å². The average molecular weight is 412 g/mol. The lowest BCUT2D eigenvalue weighted by atomic mass is 10.1. The van der Waals surface area contributed by atoms with Gasteiger partial charge >= 0.3 is 0 Å². The Morgan fingerprint density at radius 3 is 2.59 bits per heavy atom. The molecule has 2 amide bonds. The van der Waals surface area contributed by atoms with Gasteiger partial charge in [0, 0.05) is 48.3 Å². The molecule has 1 heterocycles. The summed E-state index contributed by atoms with van der Waals surface area (Å²) >= 11 is 1.74. The van der Waals surface area contributed by atoms with Gasteiger partial charge in [0.15, 0.2) is 0 Å². The Hall–Kier alpha value is -2.31. The van der Waals surface area contributed by atoms with Gasteiger partial charge in [0.05, 0.1) is 0 Å². The van der Waals surface area contributed by atoms with Crippen LogP contribution in [-0.2, 0) is 16.0 Å². The van der Waals surface area contributed by atoms with Crippen molar-refractivity contribution in [2.24, 2.45) is 5.73 Å². The molecule has 0 spiro atoms. The van der Waals surface area contributed by atoms with Crippen LogP contribution in [0.2, 0.25) is 0 Å². The minimum absolute atomic E-state index is 0.0776. The Morgan fingerprint density at radius 2 is 1.90 bits per heavy atom. The van der Waals surface area contributed by atoms with Gasteiger partial charge in [-0.25, -0.2) is 0 Å². The van der Waals surface area contributed by atoms with Crippen LogP contribution < -0.4 is 11.1 Å². The monoisotopic (exact) mass is 411 g/mol. The van der Waals surface area contributed by atoms with Crippen LogP contribution in [0.1, 0.15) is 31.7 Å². The molecule has 2 aromatic carbocycles. The van der Waals surface area contributed by atoms with Crippen LogP contribution >= 0.6 is 11.8 Å². The maximum atomic E-state index is 12.8. The first-order valence-corrected chi connectivity index (χ1v) is 11.1. The van der Waals surface area contributed by atoms with Gasteiger partial charge < -0.3 is 16.0 Å². The number of nitrogens with two attached hydrogens (primary N) is 1. The van der Waals surface area contributed by atoms with Crippen LogP contribution in [0.25, 0.3) is 0 Å². The van der Waals surface area contributed by atoms with E-state index >= 15 is 0 Å². The fraction of sp³-hybridized carbons (Fsp3) is 0.391. The van der Waals surface area contributed by atoms with E-state index in [2.05, 4.69) is 17.4 Å². The number of carbonyl (C=O) groups excluding carboxylic acids is 2. The standard InChI is InChI=1S/C23H29N3O2S/c1-17(27)25-20-8-10-22(11-9-20)29-16-21(15-18-5-3-2-4-6-18)26-14-13-19(24)7-12-23(26)28/h2-6,8-11,19,21H,7,12-16,24H2,1H3,(H,25,27)/t19-,21-/m0/s1. The van der Waals surface area contributed by atoms with E-state index in [0.29, 0.717) is 6.42 Å². The lowest BCUT2D eigenvalue weighted by Crippen LogP contribution is -2.43. The van der Waals surface area contributed by atoms with Crippen molar-refractivity contribution in [2.75, 3.05) is 17.6 Å². The number of likely N-dealkylation sites (tertiary alicyclic amines) is 1. The molecule has 1 fully saturated rings. The fourth-order valence-electron chi connectivity index (χ4n) is 3.59. The van der Waals surface area contributed by atoms with Crippen LogP contribution in [0, 0.1) is 0 Å². The highest BCUT2D eigenvalue weighted by Crippen LogP contribution is 2.25. The third kappa shape index (κ3) is 6.61. The summed E-state index contributed by atoms with van der Waals surface area (Å²) in [7, 11) is 0. The molecule has 29 heavy (non-hydrogen) atoms. The molecule has 0 aliphatic carbocycles. The number of carbonyl (C=O) groups is 2. The predicted molar refractivity (Wildman–Crippen MR) is 119 cm³/mol. The molecular formula is C23H29N3O2S. The molecule has 2 atom stereocenters. The Bertz CT molecular complexity index is 811. The summed E-state index contributed by atoms with van der Waals surface area (Å²) in [6, 6.07) is 18.4. The number of hydrogen-bond donors (Lipinski definition) is 2. The second kappa shape index (κ2) is 10.5. The van der Waals surface area contributed by atoms with E-state index in [1.165, 1.54) is 12.5 Å². The largest absolute Gasteiger partial charge is 0.338 e. The van der Waals surface area contributed by atoms with Crippen molar-refractivity contribution in [1.82, 2.24) is 4.90 Å². The lowest BCUT2D eigenvalue weighted by molar-refractivity contribution is -0.132. The lowest BCUT2D eigenvalue weighted by Gasteiger charge is -2.31. The van der Waals surface area contributed by atoms with Crippen molar-refractivity contribution >= 4 is 29.3 Å². The quantitative estimate of drug-likeness (QED) is 0.682. The number of nitrogens with zero attached hydrogens (tertiary/aromatic N) is 1. The molecule has 154 valence electrons. The summed E-state index contributed by atoms with van der Waals surface area (Å²) in [6.07, 6.45) is 2.99. The minimum Gasteiger partial charge on any atom is -0.338 e. The first kappa shape index (κ1) is 21.4. The highest BCUT2D eigenvalue weighted by atomic mass is 32.2. The molecule has 1 saturated heterocycles. The zero-order valence-corrected chi connectivity index (χ0v) is 17.7. The number of benzene rings is 2.